The molecule has 0 radical (unpaired) electrons. The maximum absolute atomic E-state index is 12.4. The van der Waals surface area contributed by atoms with Gasteiger partial charge in [0.05, 0.1) is 51.4 Å². The highest BCUT2D eigenvalue weighted by Gasteiger charge is 2.14. The lowest BCUT2D eigenvalue weighted by molar-refractivity contribution is -0.0144. The summed E-state index contributed by atoms with van der Waals surface area (Å²) in [6.07, 6.45) is 0.978. The summed E-state index contributed by atoms with van der Waals surface area (Å²) in [5.74, 6) is 0.760. The van der Waals surface area contributed by atoms with Crippen LogP contribution in [0.2, 0.25) is 0 Å². The topological polar surface area (TPSA) is 93.4 Å². The molecule has 0 saturated heterocycles. The van der Waals surface area contributed by atoms with Crippen LogP contribution < -0.4 is 5.32 Å². The van der Waals surface area contributed by atoms with Gasteiger partial charge in [0.2, 0.25) is 0 Å². The maximum Gasteiger partial charge on any atom is 0.321 e. The minimum absolute atomic E-state index is 0.140. The van der Waals surface area contributed by atoms with Crippen LogP contribution in [0.3, 0.4) is 0 Å². The summed E-state index contributed by atoms with van der Waals surface area (Å²) in [5, 5.41) is 12.9. The van der Waals surface area contributed by atoms with Gasteiger partial charge in [-0.2, -0.15) is 0 Å². The van der Waals surface area contributed by atoms with Crippen LogP contribution in [0.15, 0.2) is 47.1 Å². The summed E-state index contributed by atoms with van der Waals surface area (Å²) in [7, 11) is 1.62. The molecule has 1 atom stereocenters. The van der Waals surface area contributed by atoms with Gasteiger partial charge < -0.3 is 34.0 Å². The number of amides is 2. The number of urea groups is 1. The van der Waals surface area contributed by atoms with Gasteiger partial charge in [0, 0.05) is 12.7 Å². The van der Waals surface area contributed by atoms with Crippen molar-refractivity contribution in [3.8, 4) is 0 Å². The molecule has 8 heteroatoms. The van der Waals surface area contributed by atoms with E-state index in [2.05, 4.69) is 5.32 Å². The summed E-state index contributed by atoms with van der Waals surface area (Å²) in [5.41, 5.74) is 1.58. The van der Waals surface area contributed by atoms with Crippen LogP contribution in [0.4, 0.5) is 10.5 Å². The van der Waals surface area contributed by atoms with E-state index in [4.69, 9.17) is 18.6 Å². The fourth-order valence-corrected chi connectivity index (χ4v) is 2.64. The third-order valence-electron chi connectivity index (χ3n) is 4.09. The van der Waals surface area contributed by atoms with Crippen molar-refractivity contribution >= 4 is 11.7 Å². The third-order valence-corrected chi connectivity index (χ3v) is 4.09. The highest BCUT2D eigenvalue weighted by molar-refractivity contribution is 5.89. The first-order valence-electron chi connectivity index (χ1n) is 10.0. The second kappa shape index (κ2) is 13.0. The van der Waals surface area contributed by atoms with Crippen LogP contribution in [0.5, 0.6) is 0 Å². The molecule has 0 fully saturated rings. The van der Waals surface area contributed by atoms with Crippen LogP contribution in [-0.4, -0.2) is 61.7 Å². The third kappa shape index (κ3) is 9.41. The molecule has 2 rings (SSSR count). The molecule has 1 heterocycles. The Morgan fingerprint density at radius 2 is 2.00 bits per heavy atom. The molecule has 0 aliphatic rings. The Morgan fingerprint density at radius 3 is 2.73 bits per heavy atom. The Hall–Kier alpha value is -2.39. The van der Waals surface area contributed by atoms with E-state index in [0.29, 0.717) is 32.1 Å². The molecule has 0 saturated carbocycles. The van der Waals surface area contributed by atoms with E-state index in [1.165, 1.54) is 4.90 Å². The smallest absolute Gasteiger partial charge is 0.321 e. The molecule has 1 aromatic carbocycles. The van der Waals surface area contributed by atoms with Gasteiger partial charge >= 0.3 is 6.03 Å². The van der Waals surface area contributed by atoms with Gasteiger partial charge in [-0.25, -0.2) is 4.79 Å². The van der Waals surface area contributed by atoms with Gasteiger partial charge in [-0.05, 0) is 43.7 Å². The van der Waals surface area contributed by atoms with E-state index in [9.17, 15) is 9.90 Å². The van der Waals surface area contributed by atoms with Gasteiger partial charge in [0.15, 0.2) is 0 Å². The normalized spacial score (nSPS) is 12.2. The number of carbonyl (C=O) groups excluding carboxylic acids is 1. The molecular formula is C22H32N2O6. The van der Waals surface area contributed by atoms with E-state index < -0.39 is 6.10 Å². The number of aliphatic hydroxyl groups excluding tert-OH is 1. The second-order valence-corrected chi connectivity index (χ2v) is 7.23. The van der Waals surface area contributed by atoms with Crippen LogP contribution in [0.25, 0.3) is 0 Å². The van der Waals surface area contributed by atoms with Crippen molar-refractivity contribution in [3.05, 3.63) is 54.0 Å². The summed E-state index contributed by atoms with van der Waals surface area (Å²) in [6, 6.07) is 10.8. The van der Waals surface area contributed by atoms with Crippen LogP contribution in [0, 0.1) is 0 Å². The molecule has 1 unspecified atom stereocenters. The molecule has 0 spiro atoms. The van der Waals surface area contributed by atoms with Crippen LogP contribution in [-0.2, 0) is 27.4 Å². The van der Waals surface area contributed by atoms with Crippen molar-refractivity contribution in [1.82, 2.24) is 4.90 Å². The molecular weight excluding hydrogens is 388 g/mol. The largest absolute Gasteiger partial charge is 0.467 e. The van der Waals surface area contributed by atoms with Crippen molar-refractivity contribution in [2.75, 3.05) is 38.7 Å². The molecule has 2 N–H and O–H groups in total. The Kier molecular flexibility index (Phi) is 10.4. The number of nitrogens with zero attached hydrogens (tertiary/aromatic N) is 1. The van der Waals surface area contributed by atoms with Gasteiger partial charge in [-0.1, -0.05) is 12.1 Å². The summed E-state index contributed by atoms with van der Waals surface area (Å²) >= 11 is 0. The number of benzene rings is 1. The maximum atomic E-state index is 12.4. The van der Waals surface area contributed by atoms with Crippen LogP contribution >= 0.6 is 0 Å². The number of furan rings is 1. The first-order valence-corrected chi connectivity index (χ1v) is 10.0. The lowest BCUT2D eigenvalue weighted by atomic mass is 10.2. The number of aliphatic hydroxyl groups is 1. The molecule has 2 aromatic rings. The summed E-state index contributed by atoms with van der Waals surface area (Å²) in [4.78, 5) is 13.8. The Morgan fingerprint density at radius 1 is 1.17 bits per heavy atom. The zero-order valence-corrected chi connectivity index (χ0v) is 17.9. The molecule has 0 bridgehead atoms. The van der Waals surface area contributed by atoms with Crippen molar-refractivity contribution in [2.24, 2.45) is 0 Å². The number of hydrogen-bond donors (Lipinski definition) is 2. The van der Waals surface area contributed by atoms with Crippen molar-refractivity contribution in [1.29, 1.82) is 0 Å². The lowest BCUT2D eigenvalue weighted by Gasteiger charge is -2.21. The van der Waals surface area contributed by atoms with E-state index in [0.717, 1.165) is 11.3 Å². The van der Waals surface area contributed by atoms with E-state index in [1.54, 1.807) is 19.4 Å². The number of likely N-dealkylation sites (N-methyl/N-ethyl adjacent to an activating group) is 1. The van der Waals surface area contributed by atoms with Crippen molar-refractivity contribution in [3.63, 3.8) is 0 Å². The fraction of sp³-hybridized carbons (Fsp3) is 0.500. The number of anilines is 1. The van der Waals surface area contributed by atoms with E-state index in [1.807, 2.05) is 44.2 Å². The number of ether oxygens (including phenoxy) is 3. The average Bonchev–Trinajstić information content (AvgIpc) is 3.21. The molecule has 8 nitrogen and oxygen atoms in total. The zero-order chi connectivity index (χ0) is 21.8. The monoisotopic (exact) mass is 420 g/mol. The van der Waals surface area contributed by atoms with Crippen LogP contribution in [0.1, 0.15) is 25.2 Å². The van der Waals surface area contributed by atoms with Crippen molar-refractivity contribution in [2.45, 2.75) is 39.3 Å². The van der Waals surface area contributed by atoms with Gasteiger partial charge in [-0.15, -0.1) is 0 Å². The number of carbonyl (C=O) groups is 1. The Bertz CT molecular complexity index is 735. The molecule has 30 heavy (non-hydrogen) atoms. The molecule has 2 amide bonds. The molecule has 0 aliphatic heterocycles. The SMILES string of the molecule is CC(C)OCCOCC(O)CN(C)C(=O)Nc1cccc(COCc2ccco2)c1. The Balaban J connectivity index is 1.69. The predicted octanol–water partition coefficient (Wildman–Crippen LogP) is 3.26. The predicted molar refractivity (Wildman–Crippen MR) is 113 cm³/mol. The van der Waals surface area contributed by atoms with Gasteiger partial charge in [-0.3, -0.25) is 0 Å². The number of hydrogen-bond acceptors (Lipinski definition) is 6. The lowest BCUT2D eigenvalue weighted by Crippen LogP contribution is -2.39. The van der Waals surface area contributed by atoms with Gasteiger partial charge in [0.25, 0.3) is 0 Å². The fourth-order valence-electron chi connectivity index (χ4n) is 2.64. The van der Waals surface area contributed by atoms with E-state index in [-0.39, 0.29) is 25.3 Å². The summed E-state index contributed by atoms with van der Waals surface area (Å²) in [6.45, 7) is 5.86. The second-order valence-electron chi connectivity index (χ2n) is 7.23. The van der Waals surface area contributed by atoms with Gasteiger partial charge in [0.1, 0.15) is 12.4 Å². The molecule has 166 valence electrons. The van der Waals surface area contributed by atoms with Crippen molar-refractivity contribution < 1.29 is 28.5 Å². The zero-order valence-electron chi connectivity index (χ0n) is 17.9. The highest BCUT2D eigenvalue weighted by Crippen LogP contribution is 2.13. The van der Waals surface area contributed by atoms with E-state index >= 15 is 0 Å². The minimum atomic E-state index is -0.777. The quantitative estimate of drug-likeness (QED) is 0.483. The average molecular weight is 421 g/mol. The first-order chi connectivity index (χ1) is 14.4. The first kappa shape index (κ1) is 23.9. The summed E-state index contributed by atoms with van der Waals surface area (Å²) < 4.78 is 21.6. The standard InChI is InChI=1S/C22H32N2O6/c1-17(2)29-11-10-27-15-20(25)13-24(3)22(26)23-19-7-4-6-18(12-19)14-28-16-21-8-5-9-30-21/h4-9,12,17,20,25H,10-11,13-16H2,1-3H3,(H,23,26). The number of rotatable bonds is 13. The minimum Gasteiger partial charge on any atom is -0.467 e. The molecule has 1 aromatic heterocycles. The number of nitrogens with one attached hydrogen (secondary N) is 1. The molecule has 0 aliphatic carbocycles. The highest BCUT2D eigenvalue weighted by atomic mass is 16.5. The Labute approximate surface area is 177 Å².